The van der Waals surface area contributed by atoms with Crippen LogP contribution in [0.3, 0.4) is 0 Å². The molecule has 0 saturated heterocycles. The van der Waals surface area contributed by atoms with E-state index in [-0.39, 0.29) is 10.7 Å². The number of carbonyl (C=O) groups excluding carboxylic acids is 1. The lowest BCUT2D eigenvalue weighted by Crippen LogP contribution is -2.18. The minimum absolute atomic E-state index is 0.101. The number of rotatable bonds is 4. The van der Waals surface area contributed by atoms with E-state index < -0.39 is 15.9 Å². The molecule has 0 radical (unpaired) electrons. The van der Waals surface area contributed by atoms with Crippen molar-refractivity contribution in [3.63, 3.8) is 0 Å². The number of hydrogen-bond acceptors (Lipinski definition) is 5. The average molecular weight is 312 g/mol. The molecule has 2 aromatic rings. The Morgan fingerprint density at radius 2 is 1.90 bits per heavy atom. The van der Waals surface area contributed by atoms with Gasteiger partial charge >= 0.3 is 0 Å². The highest BCUT2D eigenvalue weighted by molar-refractivity contribution is 7.89. The molecule has 0 aliphatic carbocycles. The maximum Gasteiger partial charge on any atom is 0.260 e. The van der Waals surface area contributed by atoms with Crippen LogP contribution in [0.2, 0.25) is 0 Å². The van der Waals surface area contributed by atoms with Crippen LogP contribution in [0.1, 0.15) is 23.0 Å². The fourth-order valence-corrected chi connectivity index (χ4v) is 2.58. The SMILES string of the molecule is CCc1nn(C)cc1C(=O)Nc1nn(C)cc1S(N)(=O)=O. The summed E-state index contributed by atoms with van der Waals surface area (Å²) in [7, 11) is -0.735. The second-order valence-electron chi connectivity index (χ2n) is 4.53. The van der Waals surface area contributed by atoms with Crippen molar-refractivity contribution in [2.24, 2.45) is 19.2 Å². The summed E-state index contributed by atoms with van der Waals surface area (Å²) in [5, 5.41) is 15.6. The molecule has 0 aliphatic heterocycles. The number of amides is 1. The highest BCUT2D eigenvalue weighted by atomic mass is 32.2. The molecular weight excluding hydrogens is 296 g/mol. The third-order valence-corrected chi connectivity index (χ3v) is 3.73. The Labute approximate surface area is 121 Å². The van der Waals surface area contributed by atoms with Gasteiger partial charge in [-0.1, -0.05) is 6.92 Å². The number of primary sulfonamides is 1. The van der Waals surface area contributed by atoms with Gasteiger partial charge < -0.3 is 5.32 Å². The molecular formula is C11H16N6O3S. The smallest absolute Gasteiger partial charge is 0.260 e. The fraction of sp³-hybridized carbons (Fsp3) is 0.364. The molecule has 1 amide bonds. The molecule has 0 spiro atoms. The van der Waals surface area contributed by atoms with Crippen molar-refractivity contribution in [1.29, 1.82) is 0 Å². The van der Waals surface area contributed by atoms with Crippen molar-refractivity contribution >= 4 is 21.7 Å². The molecule has 2 heterocycles. The highest BCUT2D eigenvalue weighted by Gasteiger charge is 2.22. The summed E-state index contributed by atoms with van der Waals surface area (Å²) in [6.07, 6.45) is 3.37. The van der Waals surface area contributed by atoms with Crippen LogP contribution in [-0.2, 0) is 30.5 Å². The normalized spacial score (nSPS) is 11.6. The molecule has 10 heteroatoms. The first-order valence-corrected chi connectivity index (χ1v) is 7.67. The molecule has 0 aromatic carbocycles. The molecule has 0 bridgehead atoms. The minimum atomic E-state index is -3.97. The molecule has 2 rings (SSSR count). The monoisotopic (exact) mass is 312 g/mol. The summed E-state index contributed by atoms with van der Waals surface area (Å²) in [5.74, 6) is -0.584. The molecule has 3 N–H and O–H groups in total. The zero-order valence-electron chi connectivity index (χ0n) is 11.9. The number of nitrogens with zero attached hydrogens (tertiary/aromatic N) is 4. The zero-order chi connectivity index (χ0) is 15.8. The van der Waals surface area contributed by atoms with Gasteiger partial charge in [0.05, 0.1) is 11.3 Å². The zero-order valence-corrected chi connectivity index (χ0v) is 12.7. The number of sulfonamides is 1. The first-order chi connectivity index (χ1) is 9.72. The lowest BCUT2D eigenvalue weighted by Gasteiger charge is -2.03. The molecule has 9 nitrogen and oxygen atoms in total. The maximum atomic E-state index is 12.2. The molecule has 114 valence electrons. The number of aromatic nitrogens is 4. The van der Waals surface area contributed by atoms with Crippen LogP contribution in [0.4, 0.5) is 5.82 Å². The van der Waals surface area contributed by atoms with Crippen molar-refractivity contribution in [2.45, 2.75) is 18.2 Å². The third-order valence-electron chi connectivity index (χ3n) is 2.82. The lowest BCUT2D eigenvalue weighted by atomic mass is 10.2. The molecule has 0 aliphatic rings. The third kappa shape index (κ3) is 3.11. The Kier molecular flexibility index (Phi) is 3.83. The van der Waals surface area contributed by atoms with E-state index in [0.29, 0.717) is 17.7 Å². The predicted octanol–water partition coefficient (Wildman–Crippen LogP) is -0.384. The largest absolute Gasteiger partial charge is 0.304 e. The van der Waals surface area contributed by atoms with Gasteiger partial charge in [-0.2, -0.15) is 10.2 Å². The van der Waals surface area contributed by atoms with Crippen molar-refractivity contribution in [1.82, 2.24) is 19.6 Å². The number of hydrogen-bond donors (Lipinski definition) is 2. The summed E-state index contributed by atoms with van der Waals surface area (Å²) in [6, 6.07) is 0. The van der Waals surface area contributed by atoms with E-state index in [1.165, 1.54) is 22.6 Å². The quantitative estimate of drug-likeness (QED) is 0.795. The Bertz CT molecular complexity index is 789. The van der Waals surface area contributed by atoms with Gasteiger partial charge in [-0.25, -0.2) is 13.6 Å². The lowest BCUT2D eigenvalue weighted by molar-refractivity contribution is 0.102. The van der Waals surface area contributed by atoms with E-state index in [9.17, 15) is 13.2 Å². The fourth-order valence-electron chi connectivity index (χ4n) is 1.92. The Hall–Kier alpha value is -2.20. The second-order valence-corrected chi connectivity index (χ2v) is 6.06. The van der Waals surface area contributed by atoms with Gasteiger partial charge in [0, 0.05) is 26.5 Å². The van der Waals surface area contributed by atoms with Gasteiger partial charge in [0.2, 0.25) is 10.0 Å². The number of nitrogens with one attached hydrogen (secondary N) is 1. The number of nitrogens with two attached hydrogens (primary N) is 1. The van der Waals surface area contributed by atoms with Gasteiger partial charge in [-0.3, -0.25) is 14.2 Å². The molecule has 0 unspecified atom stereocenters. The summed E-state index contributed by atoms with van der Waals surface area (Å²) in [4.78, 5) is 12.0. The van der Waals surface area contributed by atoms with Crippen LogP contribution in [0, 0.1) is 0 Å². The van der Waals surface area contributed by atoms with Crippen LogP contribution in [0.15, 0.2) is 17.3 Å². The van der Waals surface area contributed by atoms with Gasteiger partial charge in [0.1, 0.15) is 4.90 Å². The Morgan fingerprint density at radius 1 is 1.29 bits per heavy atom. The number of anilines is 1. The van der Waals surface area contributed by atoms with Gasteiger partial charge in [-0.05, 0) is 6.42 Å². The Morgan fingerprint density at radius 3 is 2.48 bits per heavy atom. The van der Waals surface area contributed by atoms with E-state index in [4.69, 9.17) is 5.14 Å². The Balaban J connectivity index is 2.36. The molecule has 2 aromatic heterocycles. The van der Waals surface area contributed by atoms with E-state index in [2.05, 4.69) is 15.5 Å². The number of aryl methyl sites for hydroxylation is 3. The second kappa shape index (κ2) is 5.30. The highest BCUT2D eigenvalue weighted by Crippen LogP contribution is 2.19. The van der Waals surface area contributed by atoms with Crippen molar-refractivity contribution in [2.75, 3.05) is 5.32 Å². The summed E-state index contributed by atoms with van der Waals surface area (Å²) >= 11 is 0. The van der Waals surface area contributed by atoms with Crippen LogP contribution in [0.5, 0.6) is 0 Å². The number of carbonyl (C=O) groups is 1. The standard InChI is InChI=1S/C11H16N6O3S/c1-4-8-7(5-16(2)14-8)11(18)13-10-9(21(12,19)20)6-17(3)15-10/h5-6H,4H2,1-3H3,(H2,12,19,20)(H,13,15,18). The molecule has 0 fully saturated rings. The van der Waals surface area contributed by atoms with Gasteiger partial charge in [0.15, 0.2) is 5.82 Å². The van der Waals surface area contributed by atoms with E-state index in [0.717, 1.165) is 0 Å². The van der Waals surface area contributed by atoms with Crippen LogP contribution < -0.4 is 10.5 Å². The van der Waals surface area contributed by atoms with E-state index in [1.807, 2.05) is 6.92 Å². The molecule has 21 heavy (non-hydrogen) atoms. The van der Waals surface area contributed by atoms with Crippen molar-refractivity contribution in [3.8, 4) is 0 Å². The van der Waals surface area contributed by atoms with Crippen molar-refractivity contribution in [3.05, 3.63) is 23.7 Å². The van der Waals surface area contributed by atoms with E-state index >= 15 is 0 Å². The van der Waals surface area contributed by atoms with Crippen LogP contribution in [-0.4, -0.2) is 33.9 Å². The van der Waals surface area contributed by atoms with Crippen LogP contribution >= 0.6 is 0 Å². The maximum absolute atomic E-state index is 12.2. The van der Waals surface area contributed by atoms with Gasteiger partial charge in [-0.15, -0.1) is 0 Å². The topological polar surface area (TPSA) is 125 Å². The minimum Gasteiger partial charge on any atom is -0.304 e. The van der Waals surface area contributed by atoms with Gasteiger partial charge in [0.25, 0.3) is 5.91 Å². The van der Waals surface area contributed by atoms with E-state index in [1.54, 1.807) is 13.2 Å². The summed E-state index contributed by atoms with van der Waals surface area (Å²) in [5.41, 5.74) is 0.981. The molecule has 0 atom stereocenters. The summed E-state index contributed by atoms with van der Waals surface area (Å²) in [6.45, 7) is 1.87. The average Bonchev–Trinajstić information content (AvgIpc) is 2.91. The van der Waals surface area contributed by atoms with Crippen LogP contribution in [0.25, 0.3) is 0 Å². The first-order valence-electron chi connectivity index (χ1n) is 6.12. The molecule has 0 saturated carbocycles. The predicted molar refractivity (Wildman–Crippen MR) is 75.1 cm³/mol. The van der Waals surface area contributed by atoms with Crippen molar-refractivity contribution < 1.29 is 13.2 Å². The summed E-state index contributed by atoms with van der Waals surface area (Å²) < 4.78 is 25.7. The first kappa shape index (κ1) is 15.2.